The molecule has 0 spiro atoms. The minimum absolute atomic E-state index is 0.108. The Bertz CT molecular complexity index is 876. The van der Waals surface area contributed by atoms with Gasteiger partial charge in [-0.3, -0.25) is 9.78 Å². The normalized spacial score (nSPS) is 17.0. The number of anilines is 1. The number of halogens is 2. The fourth-order valence-corrected chi connectivity index (χ4v) is 3.01. The van der Waals surface area contributed by atoms with E-state index in [1.165, 1.54) is 29.6 Å². The van der Waals surface area contributed by atoms with E-state index in [2.05, 4.69) is 14.7 Å². The number of pyridine rings is 1. The van der Waals surface area contributed by atoms with Crippen LogP contribution in [-0.4, -0.2) is 32.5 Å². The molecule has 0 fully saturated rings. The lowest BCUT2D eigenvalue weighted by atomic mass is 10.2. The zero-order valence-corrected chi connectivity index (χ0v) is 14.5. The molecule has 1 amide bonds. The molecule has 1 aromatic heterocycles. The van der Waals surface area contributed by atoms with Crippen molar-refractivity contribution >= 4 is 40.5 Å². The third-order valence-corrected chi connectivity index (χ3v) is 4.67. The van der Waals surface area contributed by atoms with Crippen molar-refractivity contribution in [3.05, 3.63) is 70.9 Å². The summed E-state index contributed by atoms with van der Waals surface area (Å²) < 4.78 is 30.6. The number of nitrogens with zero attached hydrogens (tertiary/aromatic N) is 3. The number of amides is 1. The summed E-state index contributed by atoms with van der Waals surface area (Å²) in [5.74, 6) is -1.11. The Morgan fingerprint density at radius 2 is 2.16 bits per heavy atom. The van der Waals surface area contributed by atoms with Gasteiger partial charge in [-0.05, 0) is 34.7 Å². The number of nitrogens with one attached hydrogen (secondary N) is 1. The van der Waals surface area contributed by atoms with Crippen LogP contribution in [0.5, 0.6) is 0 Å². The summed E-state index contributed by atoms with van der Waals surface area (Å²) >= 11 is 3.94. The summed E-state index contributed by atoms with van der Waals surface area (Å²) in [5, 5.41) is 2.48. The summed E-state index contributed by atoms with van der Waals surface area (Å²) in [5.41, 5.74) is 1.28. The highest BCUT2D eigenvalue weighted by molar-refractivity contribution is 7.88. The topological polar surface area (TPSA) is 80.7 Å². The number of carbonyl (C=O) groups is 1. The molecule has 1 N–H and O–H groups in total. The van der Waals surface area contributed by atoms with Crippen molar-refractivity contribution in [1.82, 2.24) is 9.29 Å². The van der Waals surface area contributed by atoms with Crippen molar-refractivity contribution in [3.63, 3.8) is 0 Å². The summed E-state index contributed by atoms with van der Waals surface area (Å²) in [6.07, 6.45) is 3.07. The maximum absolute atomic E-state index is 13.2. The number of hydrogen-bond acceptors (Lipinski definition) is 5. The molecule has 0 radical (unpaired) electrons. The summed E-state index contributed by atoms with van der Waals surface area (Å²) in [7, 11) is 1.48. The maximum Gasteiger partial charge on any atom is 0.276 e. The molecule has 1 atom stereocenters. The number of rotatable bonds is 3. The zero-order chi connectivity index (χ0) is 18.0. The lowest BCUT2D eigenvalue weighted by Gasteiger charge is -2.23. The molecule has 0 saturated carbocycles. The van der Waals surface area contributed by atoms with E-state index in [1.54, 1.807) is 24.4 Å². The van der Waals surface area contributed by atoms with Gasteiger partial charge in [-0.2, -0.15) is 4.31 Å². The van der Waals surface area contributed by atoms with Gasteiger partial charge >= 0.3 is 0 Å². The number of benzene rings is 1. The van der Waals surface area contributed by atoms with Crippen molar-refractivity contribution in [3.8, 4) is 0 Å². The van der Waals surface area contributed by atoms with Crippen LogP contribution in [0.2, 0.25) is 5.02 Å². The second-order valence-corrected chi connectivity index (χ2v) is 6.63. The fraction of sp³-hybridized carbons (Fsp3) is 0.0625. The van der Waals surface area contributed by atoms with Crippen molar-refractivity contribution in [2.75, 3.05) is 12.4 Å². The molecule has 0 aliphatic carbocycles. The molecule has 1 aliphatic rings. The largest absolute Gasteiger partial charge is 0.566 e. The second-order valence-electron chi connectivity index (χ2n) is 5.03. The zero-order valence-electron chi connectivity index (χ0n) is 12.9. The molecule has 9 heteroatoms. The van der Waals surface area contributed by atoms with E-state index in [-0.39, 0.29) is 10.7 Å². The summed E-state index contributed by atoms with van der Waals surface area (Å²) in [6, 6.07) is 9.03. The quantitative estimate of drug-likeness (QED) is 0.833. The van der Waals surface area contributed by atoms with Gasteiger partial charge in [0.2, 0.25) is 11.5 Å². The molecule has 1 unspecified atom stereocenters. The molecule has 2 heterocycles. The van der Waals surface area contributed by atoms with Crippen LogP contribution in [-0.2, 0) is 16.3 Å². The molecule has 128 valence electrons. The predicted octanol–water partition coefficient (Wildman–Crippen LogP) is 2.71. The molecule has 1 aromatic carbocycles. The van der Waals surface area contributed by atoms with E-state index >= 15 is 0 Å². The first-order chi connectivity index (χ1) is 12.0. The van der Waals surface area contributed by atoms with Crippen LogP contribution in [0.1, 0.15) is 5.69 Å². The molecule has 2 aromatic rings. The Kier molecular flexibility index (Phi) is 5.03. The summed E-state index contributed by atoms with van der Waals surface area (Å²) in [4.78, 5) is 16.7. The molecule has 25 heavy (non-hydrogen) atoms. The van der Waals surface area contributed by atoms with Gasteiger partial charge in [0, 0.05) is 18.0 Å². The first-order valence-corrected chi connectivity index (χ1v) is 8.54. The number of aromatic nitrogens is 1. The Hall–Kier alpha value is -2.42. The van der Waals surface area contributed by atoms with Gasteiger partial charge < -0.3 is 9.87 Å². The first-order valence-electron chi connectivity index (χ1n) is 7.09. The average Bonchev–Trinajstić information content (AvgIpc) is 2.61. The molecule has 6 nitrogen and oxygen atoms in total. The lowest BCUT2D eigenvalue weighted by molar-refractivity contribution is -0.113. The molecular formula is C16H12ClFN4O2S. The van der Waals surface area contributed by atoms with Crippen molar-refractivity contribution in [2.24, 2.45) is 4.40 Å². The molecule has 1 aliphatic heterocycles. The molecule has 3 rings (SSSR count). The SMILES string of the molecule is CN1C(C(=O)Nc2ccc(F)c(Cl)c2)=CC(c2ccccn2)=N[S+]1[O-]. The monoisotopic (exact) mass is 378 g/mol. The molecule has 0 bridgehead atoms. The van der Waals surface area contributed by atoms with Gasteiger partial charge in [0.15, 0.2) is 5.70 Å². The second kappa shape index (κ2) is 7.22. The van der Waals surface area contributed by atoms with Gasteiger partial charge in [-0.1, -0.05) is 17.7 Å². The third-order valence-electron chi connectivity index (χ3n) is 3.36. The summed E-state index contributed by atoms with van der Waals surface area (Å²) in [6.45, 7) is 0. The minimum Gasteiger partial charge on any atom is -0.566 e. The Morgan fingerprint density at radius 3 is 2.84 bits per heavy atom. The van der Waals surface area contributed by atoms with Crippen LogP contribution in [0.15, 0.2) is 58.8 Å². The highest BCUT2D eigenvalue weighted by atomic mass is 35.5. The molecular weight excluding hydrogens is 367 g/mol. The smallest absolute Gasteiger partial charge is 0.276 e. The van der Waals surface area contributed by atoms with Crippen LogP contribution in [0, 0.1) is 5.82 Å². The van der Waals surface area contributed by atoms with E-state index in [0.717, 1.165) is 6.07 Å². The van der Waals surface area contributed by atoms with E-state index < -0.39 is 23.3 Å². The maximum atomic E-state index is 13.2. The van der Waals surface area contributed by atoms with Crippen LogP contribution in [0.3, 0.4) is 0 Å². The Morgan fingerprint density at radius 1 is 1.36 bits per heavy atom. The Labute approximate surface area is 151 Å². The van der Waals surface area contributed by atoms with Crippen molar-refractivity contribution < 1.29 is 13.7 Å². The lowest BCUT2D eigenvalue weighted by Crippen LogP contribution is -2.35. The van der Waals surface area contributed by atoms with Crippen LogP contribution in [0.25, 0.3) is 0 Å². The van der Waals surface area contributed by atoms with Gasteiger partial charge in [0.1, 0.15) is 11.5 Å². The number of hydrogen-bond donors (Lipinski definition) is 1. The fourth-order valence-electron chi connectivity index (χ4n) is 2.09. The highest BCUT2D eigenvalue weighted by Crippen LogP contribution is 2.22. The number of carbonyl (C=O) groups excluding carboxylic acids is 1. The van der Waals surface area contributed by atoms with Crippen LogP contribution in [0.4, 0.5) is 10.1 Å². The van der Waals surface area contributed by atoms with Gasteiger partial charge in [0.05, 0.1) is 17.8 Å². The van der Waals surface area contributed by atoms with Crippen LogP contribution < -0.4 is 5.32 Å². The van der Waals surface area contributed by atoms with E-state index in [9.17, 15) is 13.7 Å². The first kappa shape index (κ1) is 17.4. The standard InChI is InChI=1S/C16H12ClFN4O2S/c1-22-15(16(23)20-10-5-6-12(18)11(17)8-10)9-14(21-25(22)24)13-4-2-3-7-19-13/h2-9H,1H3,(H,20,23). The van der Waals surface area contributed by atoms with Gasteiger partial charge in [-0.15, -0.1) is 0 Å². The molecule has 0 saturated heterocycles. The van der Waals surface area contributed by atoms with Gasteiger partial charge in [0.25, 0.3) is 5.91 Å². The number of allylic oxidation sites excluding steroid dienone is 1. The minimum atomic E-state index is -1.77. The number of likely N-dealkylation sites (N-methyl/N-ethyl adjacent to an activating group) is 1. The predicted molar refractivity (Wildman–Crippen MR) is 94.8 cm³/mol. The Balaban J connectivity index is 1.88. The van der Waals surface area contributed by atoms with E-state index in [1.807, 2.05) is 0 Å². The van der Waals surface area contributed by atoms with Crippen LogP contribution >= 0.6 is 11.6 Å². The third kappa shape index (κ3) is 3.81. The van der Waals surface area contributed by atoms with E-state index in [0.29, 0.717) is 17.1 Å². The van der Waals surface area contributed by atoms with E-state index in [4.69, 9.17) is 11.6 Å². The average molecular weight is 379 g/mol. The highest BCUT2D eigenvalue weighted by Gasteiger charge is 2.30. The van der Waals surface area contributed by atoms with Crippen molar-refractivity contribution in [1.29, 1.82) is 0 Å². The van der Waals surface area contributed by atoms with Gasteiger partial charge in [-0.25, -0.2) is 4.39 Å². The van der Waals surface area contributed by atoms with Crippen molar-refractivity contribution in [2.45, 2.75) is 0 Å².